The third kappa shape index (κ3) is 6.09. The fourth-order valence-electron chi connectivity index (χ4n) is 0.374. The molecule has 7 heavy (non-hydrogen) atoms. The summed E-state index contributed by atoms with van der Waals surface area (Å²) in [7, 11) is 0. The lowest BCUT2D eigenvalue weighted by Crippen LogP contribution is -1.83. The van der Waals surface area contributed by atoms with E-state index in [1.807, 2.05) is 6.92 Å². The van der Waals surface area contributed by atoms with Crippen LogP contribution in [-0.2, 0) is 0 Å². The summed E-state index contributed by atoms with van der Waals surface area (Å²) in [5.41, 5.74) is 0. The molecule has 1 heteroatoms. The number of unbranched alkanes of at least 4 members (excludes halogenated alkanes) is 1. The van der Waals surface area contributed by atoms with Crippen LogP contribution in [0.15, 0.2) is 0 Å². The van der Waals surface area contributed by atoms with Gasteiger partial charge in [-0.15, -0.1) is 0 Å². The van der Waals surface area contributed by atoms with E-state index in [0.29, 0.717) is 0 Å². The third-order valence-electron chi connectivity index (χ3n) is 0.779. The molecule has 0 aliphatic carbocycles. The van der Waals surface area contributed by atoms with Crippen LogP contribution in [0.2, 0.25) is 0 Å². The first-order valence-corrected chi connectivity index (χ1v) is 2.97. The van der Waals surface area contributed by atoms with Gasteiger partial charge < -0.3 is 0 Å². The highest BCUT2D eigenvalue weighted by molar-refractivity contribution is 7.80. The Morgan fingerprint density at radius 2 is 2.29 bits per heavy atom. The van der Waals surface area contributed by atoms with Gasteiger partial charge in [0.1, 0.15) is 0 Å². The average molecular weight is 115 g/mol. The number of hydrogen-bond donors (Lipinski definition) is 0. The van der Waals surface area contributed by atoms with Gasteiger partial charge in [-0.3, -0.25) is 0 Å². The molecule has 0 aliphatic rings. The normalized spacial score (nSPS) is 8.86. The molecule has 41 valence electrons. The Morgan fingerprint density at radius 1 is 1.71 bits per heavy atom. The van der Waals surface area contributed by atoms with E-state index in [1.54, 1.807) is 0 Å². The largest absolute Gasteiger partial charge is 0.0900 e. The molecule has 0 saturated heterocycles. The maximum absolute atomic E-state index is 4.83. The molecule has 0 aromatic rings. The van der Waals surface area contributed by atoms with Gasteiger partial charge in [-0.2, -0.15) is 0 Å². The van der Waals surface area contributed by atoms with Crippen molar-refractivity contribution in [1.29, 1.82) is 0 Å². The molecule has 0 heterocycles. The molecule has 0 bridgehead atoms. The van der Waals surface area contributed by atoms with Crippen molar-refractivity contribution < 1.29 is 0 Å². The van der Waals surface area contributed by atoms with Gasteiger partial charge in [-0.05, 0) is 24.6 Å². The molecule has 0 aromatic heterocycles. The van der Waals surface area contributed by atoms with Crippen LogP contribution in [0, 0.1) is 6.92 Å². The van der Waals surface area contributed by atoms with E-state index in [4.69, 9.17) is 12.2 Å². The van der Waals surface area contributed by atoms with Crippen molar-refractivity contribution in [3.05, 3.63) is 6.92 Å². The maximum Gasteiger partial charge on any atom is -0.0102 e. The molecule has 1 radical (unpaired) electrons. The minimum atomic E-state index is 1.01. The zero-order valence-corrected chi connectivity index (χ0v) is 5.55. The van der Waals surface area contributed by atoms with E-state index < -0.39 is 0 Å². The van der Waals surface area contributed by atoms with Crippen molar-refractivity contribution in [3.8, 4) is 0 Å². The zero-order chi connectivity index (χ0) is 5.70. The monoisotopic (exact) mass is 115 g/mol. The quantitative estimate of drug-likeness (QED) is 0.509. The fourth-order valence-corrected chi connectivity index (χ4v) is 0.518. The fraction of sp³-hybridized carbons (Fsp3) is 0.667. The van der Waals surface area contributed by atoms with E-state index >= 15 is 0 Å². The molecule has 0 spiro atoms. The van der Waals surface area contributed by atoms with Crippen LogP contribution in [0.25, 0.3) is 0 Å². The van der Waals surface area contributed by atoms with E-state index in [-0.39, 0.29) is 0 Å². The van der Waals surface area contributed by atoms with Crippen molar-refractivity contribution in [2.75, 3.05) is 0 Å². The SMILES string of the molecule is [CH2]CCCC(C)=S. The summed E-state index contributed by atoms with van der Waals surface area (Å²) in [6.07, 6.45) is 3.22. The molecular formula is C6H11S. The summed E-state index contributed by atoms with van der Waals surface area (Å²) < 4.78 is 0. The Hall–Kier alpha value is 0.0900. The van der Waals surface area contributed by atoms with Crippen molar-refractivity contribution in [3.63, 3.8) is 0 Å². The summed E-state index contributed by atoms with van der Waals surface area (Å²) in [6, 6.07) is 0. The standard InChI is InChI=1S/C6H11S/c1-3-4-5-6(2)7/h1,3-5H2,2H3. The lowest BCUT2D eigenvalue weighted by atomic mass is 10.2. The molecule has 0 atom stereocenters. The van der Waals surface area contributed by atoms with Crippen LogP contribution in [0.5, 0.6) is 0 Å². The van der Waals surface area contributed by atoms with E-state index in [1.165, 1.54) is 0 Å². The highest BCUT2D eigenvalue weighted by atomic mass is 32.1. The van der Waals surface area contributed by atoms with Gasteiger partial charge in [-0.1, -0.05) is 25.6 Å². The molecular weight excluding hydrogens is 104 g/mol. The second-order valence-electron chi connectivity index (χ2n) is 1.66. The van der Waals surface area contributed by atoms with Crippen LogP contribution in [0.3, 0.4) is 0 Å². The van der Waals surface area contributed by atoms with Crippen molar-refractivity contribution in [2.45, 2.75) is 26.2 Å². The lowest BCUT2D eigenvalue weighted by molar-refractivity contribution is 0.896. The second-order valence-corrected chi connectivity index (χ2v) is 2.36. The van der Waals surface area contributed by atoms with Crippen molar-refractivity contribution in [2.24, 2.45) is 0 Å². The summed E-state index contributed by atoms with van der Waals surface area (Å²) in [4.78, 5) is 1.10. The van der Waals surface area contributed by atoms with E-state index in [0.717, 1.165) is 24.1 Å². The lowest BCUT2D eigenvalue weighted by Gasteiger charge is -1.89. The minimum Gasteiger partial charge on any atom is -0.0900 e. The summed E-state index contributed by atoms with van der Waals surface area (Å²) in [5.74, 6) is 0. The van der Waals surface area contributed by atoms with Crippen LogP contribution in [0.4, 0.5) is 0 Å². The topological polar surface area (TPSA) is 0 Å². The van der Waals surface area contributed by atoms with Gasteiger partial charge in [0, 0.05) is 0 Å². The maximum atomic E-state index is 4.83. The number of rotatable bonds is 3. The van der Waals surface area contributed by atoms with Crippen LogP contribution in [0.1, 0.15) is 26.2 Å². The molecule has 0 aliphatic heterocycles. The van der Waals surface area contributed by atoms with Crippen LogP contribution in [-0.4, -0.2) is 4.86 Å². The summed E-state index contributed by atoms with van der Waals surface area (Å²) >= 11 is 4.83. The predicted molar refractivity (Wildman–Crippen MR) is 37.5 cm³/mol. The van der Waals surface area contributed by atoms with Gasteiger partial charge in [-0.25, -0.2) is 0 Å². The Morgan fingerprint density at radius 3 is 2.43 bits per heavy atom. The van der Waals surface area contributed by atoms with Gasteiger partial charge in [0.05, 0.1) is 0 Å². The molecule has 0 nitrogen and oxygen atoms in total. The van der Waals surface area contributed by atoms with Gasteiger partial charge in [0.2, 0.25) is 0 Å². The van der Waals surface area contributed by atoms with Crippen LogP contribution < -0.4 is 0 Å². The smallest absolute Gasteiger partial charge is 0.0102 e. The molecule has 0 N–H and O–H groups in total. The van der Waals surface area contributed by atoms with Crippen molar-refractivity contribution >= 4 is 17.1 Å². The van der Waals surface area contributed by atoms with E-state index in [9.17, 15) is 0 Å². The first-order valence-electron chi connectivity index (χ1n) is 2.56. The highest BCUT2D eigenvalue weighted by Gasteiger charge is 1.83. The first kappa shape index (κ1) is 7.09. The third-order valence-corrected chi connectivity index (χ3v) is 0.983. The minimum absolute atomic E-state index is 1.01. The number of thiocarbonyl (C=S) groups is 1. The van der Waals surface area contributed by atoms with Gasteiger partial charge in [0.15, 0.2) is 0 Å². The van der Waals surface area contributed by atoms with Crippen molar-refractivity contribution in [1.82, 2.24) is 0 Å². The predicted octanol–water partition coefficient (Wildman–Crippen LogP) is 2.38. The van der Waals surface area contributed by atoms with Gasteiger partial charge in [0.25, 0.3) is 0 Å². The van der Waals surface area contributed by atoms with Gasteiger partial charge >= 0.3 is 0 Å². The Balaban J connectivity index is 2.82. The average Bonchev–Trinajstić information content (AvgIpc) is 1.61. The molecule has 0 unspecified atom stereocenters. The molecule has 0 amide bonds. The Labute approximate surface area is 50.9 Å². The molecule has 0 saturated carbocycles. The summed E-state index contributed by atoms with van der Waals surface area (Å²) in [6.45, 7) is 5.68. The van der Waals surface area contributed by atoms with Crippen LogP contribution >= 0.6 is 12.2 Å². The summed E-state index contributed by atoms with van der Waals surface area (Å²) in [5, 5.41) is 0. The van der Waals surface area contributed by atoms with E-state index in [2.05, 4.69) is 6.92 Å². The highest BCUT2D eigenvalue weighted by Crippen LogP contribution is 1.94. The molecule has 0 fully saturated rings. The Kier molecular flexibility index (Phi) is 4.31. The second kappa shape index (κ2) is 4.25. The number of hydrogen-bond acceptors (Lipinski definition) is 1. The Bertz CT molecular complexity index is 57.2. The molecule has 0 aromatic carbocycles. The zero-order valence-electron chi connectivity index (χ0n) is 4.74. The first-order chi connectivity index (χ1) is 3.27. The molecule has 0 rings (SSSR count).